The summed E-state index contributed by atoms with van der Waals surface area (Å²) in [7, 11) is 1.67. The Morgan fingerprint density at radius 1 is 1.25 bits per heavy atom. The molecule has 2 rings (SSSR count). The molecule has 0 spiro atoms. The molecule has 0 aliphatic rings. The van der Waals surface area contributed by atoms with Gasteiger partial charge >= 0.3 is 0 Å². The number of nitrogens with zero attached hydrogens (tertiary/aromatic N) is 2. The van der Waals surface area contributed by atoms with Crippen molar-refractivity contribution in [2.24, 2.45) is 0 Å². The van der Waals surface area contributed by atoms with Crippen LogP contribution in [0, 0.1) is 3.57 Å². The van der Waals surface area contributed by atoms with Crippen LogP contribution in [0.3, 0.4) is 0 Å². The van der Waals surface area contributed by atoms with E-state index in [1.165, 1.54) is 0 Å². The summed E-state index contributed by atoms with van der Waals surface area (Å²) in [6.07, 6.45) is 4.38. The van der Waals surface area contributed by atoms with Crippen molar-refractivity contribution < 1.29 is 4.74 Å². The maximum atomic E-state index is 5.17. The number of halogens is 1. The number of hydrogen-bond acceptors (Lipinski definition) is 3. The summed E-state index contributed by atoms with van der Waals surface area (Å²) >= 11 is 2.19. The van der Waals surface area contributed by atoms with Crippen LogP contribution < -0.4 is 4.74 Å². The van der Waals surface area contributed by atoms with Gasteiger partial charge in [0, 0.05) is 22.4 Å². The second kappa shape index (κ2) is 5.25. The number of rotatable bonds is 3. The summed E-state index contributed by atoms with van der Waals surface area (Å²) in [4.78, 5) is 8.54. The molecule has 3 nitrogen and oxygen atoms in total. The SMILES string of the molecule is COc1cccc(Cc2ncc(I)cn2)c1. The van der Waals surface area contributed by atoms with Crippen molar-refractivity contribution in [1.29, 1.82) is 0 Å². The molecular formula is C12H11IN2O. The monoisotopic (exact) mass is 326 g/mol. The summed E-state index contributed by atoms with van der Waals surface area (Å²) in [5, 5.41) is 0. The van der Waals surface area contributed by atoms with Gasteiger partial charge in [-0.25, -0.2) is 9.97 Å². The molecule has 1 aromatic carbocycles. The van der Waals surface area contributed by atoms with Gasteiger partial charge in [0.25, 0.3) is 0 Å². The smallest absolute Gasteiger partial charge is 0.132 e. The van der Waals surface area contributed by atoms with Crippen molar-refractivity contribution >= 4 is 22.6 Å². The highest BCUT2D eigenvalue weighted by Gasteiger charge is 2.00. The first-order valence-electron chi connectivity index (χ1n) is 4.87. The minimum atomic E-state index is 0.730. The predicted molar refractivity (Wildman–Crippen MR) is 70.5 cm³/mol. The minimum Gasteiger partial charge on any atom is -0.497 e. The van der Waals surface area contributed by atoms with E-state index in [0.29, 0.717) is 0 Å². The molecule has 1 aromatic heterocycles. The number of methoxy groups -OCH3 is 1. The lowest BCUT2D eigenvalue weighted by atomic mass is 10.1. The zero-order valence-corrected chi connectivity index (χ0v) is 11.0. The first kappa shape index (κ1) is 11.3. The van der Waals surface area contributed by atoms with Gasteiger partial charge in [0.1, 0.15) is 11.6 Å². The van der Waals surface area contributed by atoms with Crippen molar-refractivity contribution in [3.63, 3.8) is 0 Å². The molecule has 0 bridgehead atoms. The summed E-state index contributed by atoms with van der Waals surface area (Å²) in [6, 6.07) is 7.95. The average molecular weight is 326 g/mol. The van der Waals surface area contributed by atoms with Crippen LogP contribution in [-0.4, -0.2) is 17.1 Å². The summed E-state index contributed by atoms with van der Waals surface area (Å²) in [6.45, 7) is 0. The molecule has 82 valence electrons. The second-order valence-electron chi connectivity index (χ2n) is 3.35. The van der Waals surface area contributed by atoms with Gasteiger partial charge in [0.2, 0.25) is 0 Å². The third kappa shape index (κ3) is 2.91. The number of benzene rings is 1. The van der Waals surface area contributed by atoms with Crippen LogP contribution >= 0.6 is 22.6 Å². The van der Waals surface area contributed by atoms with Crippen LogP contribution in [0.1, 0.15) is 11.4 Å². The summed E-state index contributed by atoms with van der Waals surface area (Å²) in [5.41, 5.74) is 1.15. The van der Waals surface area contributed by atoms with E-state index in [1.807, 2.05) is 36.7 Å². The fourth-order valence-corrected chi connectivity index (χ4v) is 1.67. The molecule has 0 unspecified atom stereocenters. The van der Waals surface area contributed by atoms with Gasteiger partial charge in [-0.3, -0.25) is 0 Å². The maximum absolute atomic E-state index is 5.17. The molecule has 2 aromatic rings. The fraction of sp³-hybridized carbons (Fsp3) is 0.167. The second-order valence-corrected chi connectivity index (χ2v) is 4.59. The lowest BCUT2D eigenvalue weighted by molar-refractivity contribution is 0.414. The Labute approximate surface area is 108 Å². The Bertz CT molecular complexity index is 471. The van der Waals surface area contributed by atoms with E-state index in [4.69, 9.17) is 4.74 Å². The number of aromatic nitrogens is 2. The van der Waals surface area contributed by atoms with Crippen LogP contribution in [0.15, 0.2) is 36.7 Å². The Hall–Kier alpha value is -1.17. The first-order chi connectivity index (χ1) is 7.78. The van der Waals surface area contributed by atoms with Gasteiger partial charge in [0.15, 0.2) is 0 Å². The largest absolute Gasteiger partial charge is 0.497 e. The van der Waals surface area contributed by atoms with Gasteiger partial charge < -0.3 is 4.74 Å². The van der Waals surface area contributed by atoms with Crippen molar-refractivity contribution in [3.05, 3.63) is 51.6 Å². The fourth-order valence-electron chi connectivity index (χ4n) is 1.40. The Kier molecular flexibility index (Phi) is 3.71. The lowest BCUT2D eigenvalue weighted by Gasteiger charge is -2.03. The molecule has 0 aliphatic heterocycles. The van der Waals surface area contributed by atoms with Gasteiger partial charge in [-0.05, 0) is 40.3 Å². The molecule has 0 amide bonds. The molecule has 4 heteroatoms. The standard InChI is InChI=1S/C12H11IN2O/c1-16-11-4-2-3-9(5-11)6-12-14-7-10(13)8-15-12/h2-5,7-8H,6H2,1H3. The van der Waals surface area contributed by atoms with Gasteiger partial charge in [-0.15, -0.1) is 0 Å². The maximum Gasteiger partial charge on any atom is 0.132 e. The molecule has 1 heterocycles. The topological polar surface area (TPSA) is 35.0 Å². The predicted octanol–water partition coefficient (Wildman–Crippen LogP) is 2.68. The molecule has 0 aliphatic carbocycles. The van der Waals surface area contributed by atoms with E-state index in [0.717, 1.165) is 27.1 Å². The molecule has 0 radical (unpaired) electrons. The minimum absolute atomic E-state index is 0.730. The van der Waals surface area contributed by atoms with Gasteiger partial charge in [-0.1, -0.05) is 12.1 Å². The lowest BCUT2D eigenvalue weighted by Crippen LogP contribution is -1.96. The van der Waals surface area contributed by atoms with Gasteiger partial charge in [0.05, 0.1) is 7.11 Å². The third-order valence-electron chi connectivity index (χ3n) is 2.17. The highest BCUT2D eigenvalue weighted by atomic mass is 127. The summed E-state index contributed by atoms with van der Waals surface area (Å²) < 4.78 is 6.22. The van der Waals surface area contributed by atoms with Crippen molar-refractivity contribution in [2.75, 3.05) is 7.11 Å². The van der Waals surface area contributed by atoms with E-state index in [1.54, 1.807) is 7.11 Å². The van der Waals surface area contributed by atoms with E-state index >= 15 is 0 Å². The number of hydrogen-bond donors (Lipinski definition) is 0. The van der Waals surface area contributed by atoms with Crippen molar-refractivity contribution in [2.45, 2.75) is 6.42 Å². The van der Waals surface area contributed by atoms with E-state index in [-0.39, 0.29) is 0 Å². The molecule has 0 saturated heterocycles. The van der Waals surface area contributed by atoms with Crippen molar-refractivity contribution in [1.82, 2.24) is 9.97 Å². The van der Waals surface area contributed by atoms with Gasteiger partial charge in [-0.2, -0.15) is 0 Å². The highest BCUT2D eigenvalue weighted by Crippen LogP contribution is 2.14. The molecule has 16 heavy (non-hydrogen) atoms. The normalized spacial score (nSPS) is 10.1. The zero-order chi connectivity index (χ0) is 11.4. The summed E-state index contributed by atoms with van der Waals surface area (Å²) in [5.74, 6) is 1.69. The van der Waals surface area contributed by atoms with Crippen LogP contribution in [0.2, 0.25) is 0 Å². The molecule has 0 N–H and O–H groups in total. The van der Waals surface area contributed by atoms with Crippen LogP contribution in [-0.2, 0) is 6.42 Å². The quantitative estimate of drug-likeness (QED) is 0.814. The molecular weight excluding hydrogens is 315 g/mol. The Balaban J connectivity index is 2.16. The molecule has 0 saturated carbocycles. The molecule has 0 atom stereocenters. The first-order valence-corrected chi connectivity index (χ1v) is 5.95. The zero-order valence-electron chi connectivity index (χ0n) is 8.85. The van der Waals surface area contributed by atoms with E-state index in [9.17, 15) is 0 Å². The van der Waals surface area contributed by atoms with Crippen LogP contribution in [0.5, 0.6) is 5.75 Å². The Morgan fingerprint density at radius 3 is 2.69 bits per heavy atom. The third-order valence-corrected chi connectivity index (χ3v) is 2.73. The van der Waals surface area contributed by atoms with Crippen LogP contribution in [0.25, 0.3) is 0 Å². The Morgan fingerprint density at radius 2 is 2.00 bits per heavy atom. The number of ether oxygens (including phenoxy) is 1. The highest BCUT2D eigenvalue weighted by molar-refractivity contribution is 14.1. The average Bonchev–Trinajstić information content (AvgIpc) is 2.32. The van der Waals surface area contributed by atoms with Crippen LogP contribution in [0.4, 0.5) is 0 Å². The van der Waals surface area contributed by atoms with E-state index in [2.05, 4.69) is 32.6 Å². The molecule has 0 fully saturated rings. The van der Waals surface area contributed by atoms with E-state index < -0.39 is 0 Å². The van der Waals surface area contributed by atoms with Crippen molar-refractivity contribution in [3.8, 4) is 5.75 Å².